The molecule has 2 aromatic rings. The van der Waals surface area contributed by atoms with Crippen molar-refractivity contribution in [2.24, 2.45) is 0 Å². The molecule has 1 unspecified atom stereocenters. The Morgan fingerprint density at radius 3 is 2.24 bits per heavy atom. The molecule has 1 atom stereocenters. The smallest absolute Gasteiger partial charge is 0.188 e. The lowest BCUT2D eigenvalue weighted by Gasteiger charge is -2.35. The number of hydrogen-bond donors (Lipinski definition) is 2. The molecule has 3 nitrogen and oxygen atoms in total. The van der Waals surface area contributed by atoms with Crippen LogP contribution in [-0.4, -0.2) is 18.2 Å². The van der Waals surface area contributed by atoms with E-state index in [0.717, 1.165) is 23.3 Å². The summed E-state index contributed by atoms with van der Waals surface area (Å²) in [5.41, 5.74) is 1.91. The number of para-hydroxylation sites is 1. The van der Waals surface area contributed by atoms with Gasteiger partial charge in [0.25, 0.3) is 0 Å². The highest BCUT2D eigenvalue weighted by Gasteiger charge is 2.38. The van der Waals surface area contributed by atoms with Crippen molar-refractivity contribution in [1.29, 1.82) is 0 Å². The molecule has 2 N–H and O–H groups in total. The van der Waals surface area contributed by atoms with Crippen molar-refractivity contribution >= 4 is 8.32 Å². The van der Waals surface area contributed by atoms with E-state index >= 15 is 0 Å². The maximum atomic E-state index is 10.7. The molecule has 2 aromatic carbocycles. The molecule has 0 amide bonds. The summed E-state index contributed by atoms with van der Waals surface area (Å²) in [5.74, 6) is 0.720. The molecule has 0 fully saturated rings. The Morgan fingerprint density at radius 2 is 1.60 bits per heavy atom. The second-order valence-electron chi connectivity index (χ2n) is 7.81. The zero-order valence-electron chi connectivity index (χ0n) is 15.7. The van der Waals surface area contributed by atoms with Crippen LogP contribution < -0.4 is 4.74 Å². The summed E-state index contributed by atoms with van der Waals surface area (Å²) < 4.78 is 5.94. The maximum Gasteiger partial charge on any atom is 0.188 e. The van der Waals surface area contributed by atoms with Crippen LogP contribution in [0, 0.1) is 0 Å². The number of benzene rings is 2. The van der Waals surface area contributed by atoms with Crippen LogP contribution in [0.5, 0.6) is 5.75 Å². The summed E-state index contributed by atoms with van der Waals surface area (Å²) in [7, 11) is -2.27. The molecule has 0 aliphatic rings. The van der Waals surface area contributed by atoms with Crippen molar-refractivity contribution in [1.82, 2.24) is 0 Å². The third kappa shape index (κ3) is 5.43. The van der Waals surface area contributed by atoms with Gasteiger partial charge in [-0.05, 0) is 42.6 Å². The molecule has 0 aliphatic heterocycles. The summed E-state index contributed by atoms with van der Waals surface area (Å²) in [6.45, 7) is 8.56. The molecular weight excluding hydrogens is 328 g/mol. The first kappa shape index (κ1) is 19.7. The van der Waals surface area contributed by atoms with Gasteiger partial charge in [0.15, 0.2) is 8.32 Å². The first-order chi connectivity index (χ1) is 11.7. The molecule has 0 radical (unpaired) electrons. The molecule has 4 heteroatoms. The fourth-order valence-corrected chi connectivity index (χ4v) is 3.34. The molecular formula is C21H30O3Si. The number of rotatable bonds is 8. The average Bonchev–Trinajstić information content (AvgIpc) is 2.58. The van der Waals surface area contributed by atoms with Crippen molar-refractivity contribution in [2.75, 3.05) is 0 Å². The number of aliphatic hydroxyl groups is 1. The van der Waals surface area contributed by atoms with Crippen molar-refractivity contribution in [3.63, 3.8) is 0 Å². The van der Waals surface area contributed by atoms with E-state index in [-0.39, 0.29) is 5.04 Å². The van der Waals surface area contributed by atoms with Crippen LogP contribution in [0.2, 0.25) is 18.1 Å². The molecule has 0 bridgehead atoms. The van der Waals surface area contributed by atoms with Gasteiger partial charge in [0.05, 0.1) is 6.10 Å². The molecule has 0 aromatic heterocycles. The predicted molar refractivity (Wildman–Crippen MR) is 105 cm³/mol. The predicted octanol–water partition coefficient (Wildman–Crippen LogP) is 5.06. The van der Waals surface area contributed by atoms with Crippen LogP contribution in [0.15, 0.2) is 54.6 Å². The van der Waals surface area contributed by atoms with E-state index < -0.39 is 14.4 Å². The fraction of sp³-hybridized carbons (Fsp3) is 0.429. The van der Waals surface area contributed by atoms with Gasteiger partial charge in [-0.25, -0.2) is 0 Å². The average molecular weight is 359 g/mol. The van der Waals surface area contributed by atoms with E-state index in [2.05, 4.69) is 13.8 Å². The molecule has 0 spiro atoms. The molecule has 0 saturated carbocycles. The van der Waals surface area contributed by atoms with Crippen LogP contribution in [0.25, 0.3) is 0 Å². The molecule has 2 rings (SSSR count). The highest BCUT2D eigenvalue weighted by Crippen LogP contribution is 2.42. The van der Waals surface area contributed by atoms with Gasteiger partial charge >= 0.3 is 0 Å². The summed E-state index contributed by atoms with van der Waals surface area (Å²) in [6.07, 6.45) is 0.787. The summed E-state index contributed by atoms with van der Waals surface area (Å²) in [5, 5.41) is 10.5. The number of ether oxygens (including phenoxy) is 1. The van der Waals surface area contributed by atoms with Gasteiger partial charge in [-0.3, -0.25) is 0 Å². The van der Waals surface area contributed by atoms with E-state index in [1.165, 1.54) is 0 Å². The van der Waals surface area contributed by atoms with Crippen molar-refractivity contribution in [2.45, 2.75) is 57.5 Å². The van der Waals surface area contributed by atoms with E-state index in [0.29, 0.717) is 13.0 Å². The number of aliphatic hydroxyl groups excluding tert-OH is 1. The minimum absolute atomic E-state index is 0.145. The van der Waals surface area contributed by atoms with Crippen LogP contribution >= 0.6 is 0 Å². The lowest BCUT2D eigenvalue weighted by Crippen LogP contribution is -2.39. The summed E-state index contributed by atoms with van der Waals surface area (Å²) in [6, 6.07) is 17.7. The lowest BCUT2D eigenvalue weighted by atomic mass is 9.98. The minimum atomic E-state index is -2.27. The van der Waals surface area contributed by atoms with Crippen molar-refractivity contribution < 1.29 is 14.6 Å². The monoisotopic (exact) mass is 358 g/mol. The van der Waals surface area contributed by atoms with Crippen molar-refractivity contribution in [3.05, 3.63) is 65.7 Å². The van der Waals surface area contributed by atoms with Crippen LogP contribution in [-0.2, 0) is 6.61 Å². The maximum absolute atomic E-state index is 10.7. The Kier molecular flexibility index (Phi) is 6.44. The van der Waals surface area contributed by atoms with Crippen LogP contribution in [0.3, 0.4) is 0 Å². The Balaban J connectivity index is 2.04. The zero-order valence-corrected chi connectivity index (χ0v) is 16.7. The highest BCUT2D eigenvalue weighted by atomic mass is 28.4. The largest absolute Gasteiger partial charge is 0.489 e. The summed E-state index contributed by atoms with van der Waals surface area (Å²) >= 11 is 0. The van der Waals surface area contributed by atoms with Crippen LogP contribution in [0.1, 0.15) is 43.9 Å². The van der Waals surface area contributed by atoms with E-state index in [1.54, 1.807) is 0 Å². The van der Waals surface area contributed by atoms with Gasteiger partial charge in [0, 0.05) is 5.56 Å². The van der Waals surface area contributed by atoms with E-state index in [4.69, 9.17) is 4.74 Å². The second kappa shape index (κ2) is 8.17. The second-order valence-corrected chi connectivity index (χ2v) is 12.3. The van der Waals surface area contributed by atoms with E-state index in [1.807, 2.05) is 67.7 Å². The third-order valence-electron chi connectivity index (χ3n) is 5.21. The molecule has 0 aliphatic carbocycles. The SMILES string of the molecule is CC(C)(CCC(O)c1ccccc1OCc1ccccc1)[Si](C)(C)O. The quantitative estimate of drug-likeness (QED) is 0.649. The molecule has 25 heavy (non-hydrogen) atoms. The summed E-state index contributed by atoms with van der Waals surface area (Å²) in [4.78, 5) is 10.4. The number of hydrogen-bond acceptors (Lipinski definition) is 3. The molecule has 136 valence electrons. The van der Waals surface area contributed by atoms with Crippen LogP contribution in [0.4, 0.5) is 0 Å². The topological polar surface area (TPSA) is 49.7 Å². The first-order valence-electron chi connectivity index (χ1n) is 8.87. The minimum Gasteiger partial charge on any atom is -0.489 e. The normalized spacial score (nSPS) is 13.5. The fourth-order valence-electron chi connectivity index (χ4n) is 2.58. The Bertz CT molecular complexity index is 662. The first-order valence-corrected chi connectivity index (χ1v) is 11.8. The van der Waals surface area contributed by atoms with Gasteiger partial charge < -0.3 is 14.6 Å². The zero-order chi connectivity index (χ0) is 18.5. The van der Waals surface area contributed by atoms with Gasteiger partial charge in [-0.15, -0.1) is 0 Å². The van der Waals surface area contributed by atoms with Gasteiger partial charge in [-0.1, -0.05) is 62.4 Å². The Hall–Kier alpha value is -1.62. The molecule has 0 saturated heterocycles. The lowest BCUT2D eigenvalue weighted by molar-refractivity contribution is 0.152. The van der Waals surface area contributed by atoms with Gasteiger partial charge in [-0.2, -0.15) is 0 Å². The Labute approximate surface area is 152 Å². The molecule has 0 heterocycles. The van der Waals surface area contributed by atoms with Gasteiger partial charge in [0.2, 0.25) is 0 Å². The van der Waals surface area contributed by atoms with Gasteiger partial charge in [0.1, 0.15) is 12.4 Å². The third-order valence-corrected chi connectivity index (χ3v) is 8.78. The van der Waals surface area contributed by atoms with E-state index in [9.17, 15) is 9.90 Å². The standard InChI is InChI=1S/C21H30O3Si/c1-21(2,25(3,4)23)15-14-19(22)18-12-8-9-13-20(18)24-16-17-10-6-5-7-11-17/h5-13,19,22-23H,14-16H2,1-4H3. The van der Waals surface area contributed by atoms with Crippen molar-refractivity contribution in [3.8, 4) is 5.75 Å². The Morgan fingerprint density at radius 1 is 1.00 bits per heavy atom. The highest BCUT2D eigenvalue weighted by molar-refractivity contribution is 6.72.